The topological polar surface area (TPSA) is 96.3 Å². The second-order valence-electron chi connectivity index (χ2n) is 7.84. The Hall–Kier alpha value is -4.04. The molecule has 180 valence electrons. The third-order valence-corrected chi connectivity index (χ3v) is 6.02. The van der Waals surface area contributed by atoms with Crippen molar-refractivity contribution in [2.75, 3.05) is 14.2 Å². The van der Waals surface area contributed by atoms with Crippen molar-refractivity contribution in [2.24, 2.45) is 0 Å². The minimum Gasteiger partial charge on any atom is -0.508 e. The van der Waals surface area contributed by atoms with E-state index in [0.29, 0.717) is 16.9 Å². The number of hydrogen-bond donors (Lipinski definition) is 2. The number of phenolic OH excluding ortho intramolecular Hbond substituents is 1. The molecular formula is C26H21ClFNO6. The summed E-state index contributed by atoms with van der Waals surface area (Å²) < 4.78 is 24.0. The van der Waals surface area contributed by atoms with Crippen molar-refractivity contribution in [2.45, 2.75) is 12.6 Å². The largest absolute Gasteiger partial charge is 0.508 e. The number of ether oxygens (including phenoxy) is 2. The SMILES string of the molecule is COc1cc(OC)c(/C(O)=C2\C(=O)C(=O)N(Cc3ccc(F)cc3)C2c2cccc(O)c2)cc1Cl. The number of benzene rings is 3. The Morgan fingerprint density at radius 3 is 2.34 bits per heavy atom. The number of rotatable bonds is 6. The van der Waals surface area contributed by atoms with Crippen molar-refractivity contribution in [3.05, 3.63) is 93.8 Å². The van der Waals surface area contributed by atoms with Crippen LogP contribution in [0.15, 0.2) is 66.2 Å². The van der Waals surface area contributed by atoms with Crippen LogP contribution in [0.1, 0.15) is 22.7 Å². The van der Waals surface area contributed by atoms with Gasteiger partial charge in [-0.25, -0.2) is 4.39 Å². The molecule has 2 N–H and O–H groups in total. The van der Waals surface area contributed by atoms with Crippen molar-refractivity contribution < 1.29 is 33.7 Å². The number of likely N-dealkylation sites (tertiary alicyclic amines) is 1. The normalized spacial score (nSPS) is 17.0. The number of nitrogens with zero attached hydrogens (tertiary/aromatic N) is 1. The summed E-state index contributed by atoms with van der Waals surface area (Å²) in [6.45, 7) is -0.0392. The molecule has 0 bridgehead atoms. The Kier molecular flexibility index (Phi) is 6.66. The minimum absolute atomic E-state index is 0.0392. The lowest BCUT2D eigenvalue weighted by Gasteiger charge is -2.25. The first-order valence-corrected chi connectivity index (χ1v) is 10.9. The molecule has 4 rings (SSSR count). The molecule has 0 aromatic heterocycles. The molecule has 0 saturated carbocycles. The maximum atomic E-state index is 13.4. The number of carbonyl (C=O) groups is 2. The van der Waals surface area contributed by atoms with Gasteiger partial charge in [-0.15, -0.1) is 0 Å². The maximum absolute atomic E-state index is 13.4. The summed E-state index contributed by atoms with van der Waals surface area (Å²) >= 11 is 6.26. The number of amides is 1. The number of Topliss-reactive ketones (excluding diaryl/α,β-unsaturated/α-hetero) is 1. The van der Waals surface area contributed by atoms with Gasteiger partial charge in [-0.05, 0) is 41.5 Å². The van der Waals surface area contributed by atoms with E-state index in [1.54, 1.807) is 12.1 Å². The second-order valence-corrected chi connectivity index (χ2v) is 8.24. The molecule has 0 radical (unpaired) electrons. The van der Waals surface area contributed by atoms with E-state index >= 15 is 0 Å². The summed E-state index contributed by atoms with van der Waals surface area (Å²) in [5.74, 6) is -2.34. The Balaban J connectivity index is 1.91. The first kappa shape index (κ1) is 24.1. The van der Waals surface area contributed by atoms with Gasteiger partial charge in [-0.2, -0.15) is 0 Å². The van der Waals surface area contributed by atoms with Crippen LogP contribution >= 0.6 is 11.6 Å². The molecule has 3 aromatic carbocycles. The van der Waals surface area contributed by atoms with Crippen LogP contribution in [0.5, 0.6) is 17.2 Å². The third kappa shape index (κ3) is 4.52. The zero-order valence-electron chi connectivity index (χ0n) is 18.8. The Morgan fingerprint density at radius 2 is 1.71 bits per heavy atom. The van der Waals surface area contributed by atoms with E-state index in [1.807, 2.05) is 0 Å². The minimum atomic E-state index is -1.04. The highest BCUT2D eigenvalue weighted by Crippen LogP contribution is 2.44. The standard InChI is InChI=1S/C26H21ClFNO6/c1-34-20-12-21(35-2)19(27)11-18(20)24(31)22-23(15-4-3-5-17(30)10-15)29(26(33)25(22)32)13-14-6-8-16(28)9-7-14/h3-12,23,30-31H,13H2,1-2H3/b24-22+. The highest BCUT2D eigenvalue weighted by atomic mass is 35.5. The summed E-state index contributed by atoms with van der Waals surface area (Å²) in [6.07, 6.45) is 0. The molecule has 1 unspecified atom stereocenters. The first-order chi connectivity index (χ1) is 16.7. The van der Waals surface area contributed by atoms with Crippen molar-refractivity contribution in [1.82, 2.24) is 4.90 Å². The smallest absolute Gasteiger partial charge is 0.295 e. The van der Waals surface area contributed by atoms with E-state index < -0.39 is 29.3 Å². The Morgan fingerprint density at radius 1 is 1.03 bits per heavy atom. The highest BCUT2D eigenvalue weighted by Gasteiger charge is 2.46. The fourth-order valence-corrected chi connectivity index (χ4v) is 4.30. The molecule has 1 amide bonds. The molecular weight excluding hydrogens is 477 g/mol. The second kappa shape index (κ2) is 9.68. The monoisotopic (exact) mass is 497 g/mol. The molecule has 1 aliphatic rings. The molecule has 1 heterocycles. The van der Waals surface area contributed by atoms with Crippen LogP contribution in [-0.4, -0.2) is 41.0 Å². The molecule has 0 aliphatic carbocycles. The number of hydrogen-bond acceptors (Lipinski definition) is 6. The van der Waals surface area contributed by atoms with Gasteiger partial charge in [0.1, 0.15) is 28.8 Å². The molecule has 1 fully saturated rings. The predicted molar refractivity (Wildman–Crippen MR) is 127 cm³/mol. The number of aliphatic hydroxyl groups is 1. The Bertz CT molecular complexity index is 1340. The Labute approximate surface area is 205 Å². The van der Waals surface area contributed by atoms with Gasteiger partial charge in [-0.3, -0.25) is 9.59 Å². The molecule has 7 nitrogen and oxygen atoms in total. The van der Waals surface area contributed by atoms with Crippen LogP contribution in [0, 0.1) is 5.82 Å². The van der Waals surface area contributed by atoms with E-state index in [1.165, 1.54) is 67.7 Å². The summed E-state index contributed by atoms with van der Waals surface area (Å²) in [6, 6.07) is 13.3. The summed E-state index contributed by atoms with van der Waals surface area (Å²) in [5.41, 5.74) is 0.848. The summed E-state index contributed by atoms with van der Waals surface area (Å²) in [7, 11) is 2.79. The number of aromatic hydroxyl groups is 1. The van der Waals surface area contributed by atoms with Crippen LogP contribution < -0.4 is 9.47 Å². The number of halogens is 2. The highest BCUT2D eigenvalue weighted by molar-refractivity contribution is 6.46. The van der Waals surface area contributed by atoms with E-state index in [4.69, 9.17) is 21.1 Å². The average molecular weight is 498 g/mol. The van der Waals surface area contributed by atoms with Crippen molar-refractivity contribution in [3.63, 3.8) is 0 Å². The van der Waals surface area contributed by atoms with Gasteiger partial charge in [0, 0.05) is 12.6 Å². The van der Waals surface area contributed by atoms with Gasteiger partial charge in [-0.1, -0.05) is 35.9 Å². The van der Waals surface area contributed by atoms with Gasteiger partial charge in [0.15, 0.2) is 0 Å². The van der Waals surface area contributed by atoms with Gasteiger partial charge < -0.3 is 24.6 Å². The van der Waals surface area contributed by atoms with Crippen molar-refractivity contribution in [3.8, 4) is 17.2 Å². The first-order valence-electron chi connectivity index (χ1n) is 10.5. The van der Waals surface area contributed by atoms with Gasteiger partial charge in [0.25, 0.3) is 11.7 Å². The lowest BCUT2D eigenvalue weighted by molar-refractivity contribution is -0.140. The van der Waals surface area contributed by atoms with Crippen LogP contribution in [-0.2, 0) is 16.1 Å². The van der Waals surface area contributed by atoms with Crippen LogP contribution in [0.4, 0.5) is 4.39 Å². The molecule has 35 heavy (non-hydrogen) atoms. The molecule has 1 saturated heterocycles. The number of methoxy groups -OCH3 is 2. The number of aliphatic hydroxyl groups excluding tert-OH is 1. The third-order valence-electron chi connectivity index (χ3n) is 5.72. The zero-order chi connectivity index (χ0) is 25.3. The summed E-state index contributed by atoms with van der Waals surface area (Å²) in [4.78, 5) is 27.6. The van der Waals surface area contributed by atoms with E-state index in [0.717, 1.165) is 0 Å². The van der Waals surface area contributed by atoms with Crippen LogP contribution in [0.3, 0.4) is 0 Å². The van der Waals surface area contributed by atoms with Gasteiger partial charge in [0.05, 0.1) is 36.4 Å². The lowest BCUT2D eigenvalue weighted by atomic mass is 9.94. The van der Waals surface area contributed by atoms with Crippen molar-refractivity contribution >= 4 is 29.1 Å². The molecule has 1 atom stereocenters. The van der Waals surface area contributed by atoms with Crippen molar-refractivity contribution in [1.29, 1.82) is 0 Å². The fraction of sp³-hybridized carbons (Fsp3) is 0.154. The van der Waals surface area contributed by atoms with Gasteiger partial charge >= 0.3 is 0 Å². The van der Waals surface area contributed by atoms with E-state index in [9.17, 15) is 24.2 Å². The quantitative estimate of drug-likeness (QED) is 0.288. The number of ketones is 1. The summed E-state index contributed by atoms with van der Waals surface area (Å²) in [5, 5.41) is 21.5. The zero-order valence-corrected chi connectivity index (χ0v) is 19.5. The number of carbonyl (C=O) groups excluding carboxylic acids is 2. The molecule has 0 spiro atoms. The van der Waals surface area contributed by atoms with Gasteiger partial charge in [0.2, 0.25) is 0 Å². The average Bonchev–Trinajstić information content (AvgIpc) is 3.09. The number of phenols is 1. The molecule has 9 heteroatoms. The molecule has 3 aromatic rings. The van der Waals surface area contributed by atoms with E-state index in [-0.39, 0.29) is 34.2 Å². The van der Waals surface area contributed by atoms with E-state index in [2.05, 4.69) is 0 Å². The van der Waals surface area contributed by atoms with Crippen LogP contribution in [0.25, 0.3) is 5.76 Å². The maximum Gasteiger partial charge on any atom is 0.295 e. The fourth-order valence-electron chi connectivity index (χ4n) is 4.06. The lowest BCUT2D eigenvalue weighted by Crippen LogP contribution is -2.29. The predicted octanol–water partition coefficient (Wildman–Crippen LogP) is 4.82. The molecule has 1 aliphatic heterocycles. The van der Waals surface area contributed by atoms with Crippen LogP contribution in [0.2, 0.25) is 5.02 Å².